The van der Waals surface area contributed by atoms with Gasteiger partial charge in [-0.3, -0.25) is 0 Å². The molecular formula is C9H9ClN2. The number of halogens is 1. The normalized spacial score (nSPS) is 9.50. The number of rotatable bonds is 1. The van der Waals surface area contributed by atoms with Crippen molar-refractivity contribution < 1.29 is 0 Å². The van der Waals surface area contributed by atoms with Crippen LogP contribution in [0.4, 0.5) is 0 Å². The summed E-state index contributed by atoms with van der Waals surface area (Å²) in [6.45, 7) is 3.82. The van der Waals surface area contributed by atoms with E-state index in [4.69, 9.17) is 16.9 Å². The van der Waals surface area contributed by atoms with Crippen LogP contribution in [0.3, 0.4) is 0 Å². The van der Waals surface area contributed by atoms with Gasteiger partial charge in [-0.1, -0.05) is 18.5 Å². The molecule has 0 aliphatic carbocycles. The van der Waals surface area contributed by atoms with Crippen molar-refractivity contribution in [1.82, 2.24) is 4.98 Å². The second-order valence-corrected chi connectivity index (χ2v) is 2.91. The monoisotopic (exact) mass is 180 g/mol. The van der Waals surface area contributed by atoms with Crippen LogP contribution in [-0.2, 0) is 6.42 Å². The molecule has 1 aromatic rings. The van der Waals surface area contributed by atoms with Crippen LogP contribution in [0.2, 0.25) is 5.02 Å². The first-order chi connectivity index (χ1) is 5.70. The third kappa shape index (κ3) is 1.41. The van der Waals surface area contributed by atoms with Gasteiger partial charge in [0.25, 0.3) is 0 Å². The van der Waals surface area contributed by atoms with Gasteiger partial charge < -0.3 is 0 Å². The molecule has 0 saturated heterocycles. The average molecular weight is 181 g/mol. The first-order valence-electron chi connectivity index (χ1n) is 3.74. The molecule has 0 N–H and O–H groups in total. The van der Waals surface area contributed by atoms with Crippen molar-refractivity contribution in [3.05, 3.63) is 28.0 Å². The molecule has 0 amide bonds. The molecule has 12 heavy (non-hydrogen) atoms. The Morgan fingerprint density at radius 1 is 1.67 bits per heavy atom. The van der Waals surface area contributed by atoms with Crippen LogP contribution >= 0.6 is 11.6 Å². The quantitative estimate of drug-likeness (QED) is 0.666. The summed E-state index contributed by atoms with van der Waals surface area (Å²) in [4.78, 5) is 3.98. The van der Waals surface area contributed by atoms with Crippen molar-refractivity contribution in [3.8, 4) is 6.07 Å². The highest BCUT2D eigenvalue weighted by Crippen LogP contribution is 2.21. The summed E-state index contributed by atoms with van der Waals surface area (Å²) >= 11 is 5.99. The van der Waals surface area contributed by atoms with Crippen LogP contribution in [0.5, 0.6) is 0 Å². The summed E-state index contributed by atoms with van der Waals surface area (Å²) < 4.78 is 0. The van der Waals surface area contributed by atoms with Crippen molar-refractivity contribution in [2.45, 2.75) is 20.3 Å². The minimum Gasteiger partial charge on any atom is -0.245 e. The van der Waals surface area contributed by atoms with Crippen molar-refractivity contribution in [2.24, 2.45) is 0 Å². The molecule has 0 aliphatic heterocycles. The Morgan fingerprint density at radius 3 is 2.83 bits per heavy atom. The number of aryl methyl sites for hydroxylation is 1. The molecular weight excluding hydrogens is 172 g/mol. The maximum absolute atomic E-state index is 8.64. The lowest BCUT2D eigenvalue weighted by atomic mass is 10.1. The zero-order valence-electron chi connectivity index (χ0n) is 7.06. The van der Waals surface area contributed by atoms with E-state index in [0.29, 0.717) is 10.7 Å². The second-order valence-electron chi connectivity index (χ2n) is 2.54. The van der Waals surface area contributed by atoms with E-state index in [0.717, 1.165) is 17.5 Å². The van der Waals surface area contributed by atoms with Gasteiger partial charge in [0, 0.05) is 11.8 Å². The summed E-state index contributed by atoms with van der Waals surface area (Å²) in [6.07, 6.45) is 2.51. The molecule has 0 radical (unpaired) electrons. The molecule has 0 atom stereocenters. The lowest BCUT2D eigenvalue weighted by molar-refractivity contribution is 1.08. The number of aromatic nitrogens is 1. The number of hydrogen-bond acceptors (Lipinski definition) is 2. The van der Waals surface area contributed by atoms with Gasteiger partial charge in [-0.05, 0) is 18.9 Å². The van der Waals surface area contributed by atoms with E-state index in [2.05, 4.69) is 4.98 Å². The van der Waals surface area contributed by atoms with Gasteiger partial charge in [0.1, 0.15) is 11.8 Å². The maximum atomic E-state index is 8.64. The lowest BCUT2D eigenvalue weighted by Crippen LogP contribution is -1.93. The topological polar surface area (TPSA) is 36.7 Å². The Labute approximate surface area is 76.8 Å². The van der Waals surface area contributed by atoms with Crippen LogP contribution in [0.1, 0.15) is 23.7 Å². The fourth-order valence-electron chi connectivity index (χ4n) is 1.000. The highest BCUT2D eigenvalue weighted by Gasteiger charge is 2.06. The molecule has 62 valence electrons. The van der Waals surface area contributed by atoms with Crippen LogP contribution in [0, 0.1) is 18.3 Å². The first kappa shape index (κ1) is 9.02. The highest BCUT2D eigenvalue weighted by atomic mass is 35.5. The first-order valence-corrected chi connectivity index (χ1v) is 4.12. The van der Waals surface area contributed by atoms with E-state index in [1.165, 1.54) is 0 Å². The fourth-order valence-corrected chi connectivity index (χ4v) is 1.27. The summed E-state index contributed by atoms with van der Waals surface area (Å²) in [5.41, 5.74) is 2.18. The van der Waals surface area contributed by atoms with E-state index in [1.807, 2.05) is 19.9 Å². The zero-order chi connectivity index (χ0) is 9.14. The molecule has 0 saturated carbocycles. The highest BCUT2D eigenvalue weighted by molar-refractivity contribution is 6.32. The molecule has 2 nitrogen and oxygen atoms in total. The summed E-state index contributed by atoms with van der Waals surface area (Å²) in [5.74, 6) is 0. The Balaban J connectivity index is 3.32. The predicted octanol–water partition coefficient (Wildman–Crippen LogP) is 2.48. The molecule has 0 aliphatic rings. The Morgan fingerprint density at radius 2 is 2.33 bits per heavy atom. The van der Waals surface area contributed by atoms with Crippen molar-refractivity contribution in [2.75, 3.05) is 0 Å². The number of nitrogens with zero attached hydrogens (tertiary/aromatic N) is 2. The lowest BCUT2D eigenvalue weighted by Gasteiger charge is -2.03. The summed E-state index contributed by atoms with van der Waals surface area (Å²) in [6, 6.07) is 1.99. The smallest absolute Gasteiger partial charge is 0.144 e. The van der Waals surface area contributed by atoms with Gasteiger partial charge in [0.2, 0.25) is 0 Å². The van der Waals surface area contributed by atoms with Crippen molar-refractivity contribution in [3.63, 3.8) is 0 Å². The van der Waals surface area contributed by atoms with Gasteiger partial charge in [-0.2, -0.15) is 5.26 Å². The fraction of sp³-hybridized carbons (Fsp3) is 0.333. The molecule has 0 fully saturated rings. The van der Waals surface area contributed by atoms with E-state index < -0.39 is 0 Å². The molecule has 1 aromatic heterocycles. The molecule has 0 bridgehead atoms. The molecule has 3 heteroatoms. The van der Waals surface area contributed by atoms with Gasteiger partial charge in [-0.15, -0.1) is 0 Å². The molecule has 0 unspecified atom stereocenters. The van der Waals surface area contributed by atoms with Gasteiger partial charge in [0.05, 0.1) is 5.02 Å². The van der Waals surface area contributed by atoms with Gasteiger partial charge in [-0.25, -0.2) is 4.98 Å². The number of hydrogen-bond donors (Lipinski definition) is 0. The van der Waals surface area contributed by atoms with Crippen molar-refractivity contribution in [1.29, 1.82) is 5.26 Å². The Hall–Kier alpha value is -1.07. The molecule has 1 heterocycles. The standard InChI is InChI=1S/C9H9ClN2/c1-3-7-5-12-8(4-11)6(2)9(7)10/h5H,3H2,1-2H3. The zero-order valence-corrected chi connectivity index (χ0v) is 7.81. The van der Waals surface area contributed by atoms with E-state index in [-0.39, 0.29) is 0 Å². The number of nitriles is 1. The molecule has 1 rings (SSSR count). The number of pyridine rings is 1. The van der Waals surface area contributed by atoms with Gasteiger partial charge in [0.15, 0.2) is 0 Å². The van der Waals surface area contributed by atoms with E-state index in [1.54, 1.807) is 6.20 Å². The third-order valence-electron chi connectivity index (χ3n) is 1.80. The maximum Gasteiger partial charge on any atom is 0.144 e. The van der Waals surface area contributed by atoms with E-state index >= 15 is 0 Å². The predicted molar refractivity (Wildman–Crippen MR) is 48.1 cm³/mol. The molecule has 0 spiro atoms. The average Bonchev–Trinajstić information content (AvgIpc) is 2.10. The Bertz CT molecular complexity index is 339. The van der Waals surface area contributed by atoms with Crippen LogP contribution in [0.25, 0.3) is 0 Å². The molecule has 0 aromatic carbocycles. The largest absolute Gasteiger partial charge is 0.245 e. The van der Waals surface area contributed by atoms with Crippen LogP contribution in [0.15, 0.2) is 6.20 Å². The second kappa shape index (κ2) is 3.55. The minimum atomic E-state index is 0.414. The van der Waals surface area contributed by atoms with Crippen LogP contribution < -0.4 is 0 Å². The van der Waals surface area contributed by atoms with Crippen molar-refractivity contribution >= 4 is 11.6 Å². The minimum absolute atomic E-state index is 0.414. The summed E-state index contributed by atoms with van der Waals surface area (Å²) in [5, 5.41) is 9.31. The van der Waals surface area contributed by atoms with Gasteiger partial charge >= 0.3 is 0 Å². The van der Waals surface area contributed by atoms with E-state index in [9.17, 15) is 0 Å². The third-order valence-corrected chi connectivity index (χ3v) is 2.33. The SMILES string of the molecule is CCc1cnc(C#N)c(C)c1Cl. The Kier molecular flexibility index (Phi) is 2.67. The van der Waals surface area contributed by atoms with Crippen LogP contribution in [-0.4, -0.2) is 4.98 Å². The summed E-state index contributed by atoms with van der Waals surface area (Å²) in [7, 11) is 0.